The molecule has 0 bridgehead atoms. The Bertz CT molecular complexity index is 609. The molecule has 0 spiro atoms. The Labute approximate surface area is 122 Å². The van der Waals surface area contributed by atoms with Gasteiger partial charge in [0, 0.05) is 23.4 Å². The molecule has 1 aliphatic rings. The Morgan fingerprint density at radius 3 is 2.40 bits per heavy atom. The van der Waals surface area contributed by atoms with Crippen LogP contribution in [0, 0.1) is 11.3 Å². The number of nitrogens with zero attached hydrogens (tertiary/aromatic N) is 3. The molecule has 2 rings (SSSR count). The molecule has 0 fully saturated rings. The van der Waals surface area contributed by atoms with Gasteiger partial charge in [-0.2, -0.15) is 5.26 Å². The fraction of sp³-hybridized carbons (Fsp3) is 0.385. The molecule has 1 atom stereocenters. The van der Waals surface area contributed by atoms with Crippen LogP contribution in [0.4, 0.5) is 0 Å². The van der Waals surface area contributed by atoms with E-state index >= 15 is 0 Å². The van der Waals surface area contributed by atoms with E-state index in [1.165, 1.54) is 0 Å². The van der Waals surface area contributed by atoms with Gasteiger partial charge < -0.3 is 10.6 Å². The van der Waals surface area contributed by atoms with Crippen molar-refractivity contribution < 1.29 is 4.79 Å². The van der Waals surface area contributed by atoms with Crippen LogP contribution in [0.1, 0.15) is 32.2 Å². The lowest BCUT2D eigenvalue weighted by molar-refractivity contribution is -0.117. The Morgan fingerprint density at radius 2 is 1.90 bits per heavy atom. The second-order valence-electron chi connectivity index (χ2n) is 5.43. The van der Waals surface area contributed by atoms with E-state index in [2.05, 4.69) is 33.2 Å². The molecule has 0 saturated carbocycles. The Morgan fingerprint density at radius 1 is 1.30 bits per heavy atom. The topological polar surface area (TPSA) is 90.7 Å². The van der Waals surface area contributed by atoms with Gasteiger partial charge in [0.05, 0.1) is 5.70 Å². The van der Waals surface area contributed by atoms with E-state index in [1.807, 2.05) is 26.8 Å². The van der Waals surface area contributed by atoms with Crippen LogP contribution in [0.2, 0.25) is 0 Å². The van der Waals surface area contributed by atoms with Crippen molar-refractivity contribution in [3.63, 3.8) is 0 Å². The molecule has 2 N–H and O–H groups in total. The molecule has 7 heteroatoms. The number of aromatic nitrogens is 2. The first kappa shape index (κ1) is 14.3. The smallest absolute Gasteiger partial charge is 0.266 e. The third-order valence-corrected chi connectivity index (χ3v) is 3.01. The van der Waals surface area contributed by atoms with E-state index in [0.717, 1.165) is 0 Å². The van der Waals surface area contributed by atoms with Crippen molar-refractivity contribution in [3.05, 3.63) is 29.4 Å². The Balaban J connectivity index is 2.45. The first-order valence-corrected chi connectivity index (χ1v) is 6.57. The summed E-state index contributed by atoms with van der Waals surface area (Å²) in [6.45, 7) is 6.04. The van der Waals surface area contributed by atoms with Gasteiger partial charge in [-0.15, -0.1) is 12.6 Å². The van der Waals surface area contributed by atoms with E-state index in [0.29, 0.717) is 17.1 Å². The molecule has 0 radical (unpaired) electrons. The zero-order chi connectivity index (χ0) is 14.9. The average Bonchev–Trinajstić information content (AvgIpc) is 2.37. The summed E-state index contributed by atoms with van der Waals surface area (Å²) < 4.78 is 0. The summed E-state index contributed by atoms with van der Waals surface area (Å²) in [4.78, 5) is 20.3. The summed E-state index contributed by atoms with van der Waals surface area (Å²) in [5.74, 6) is 0.240. The van der Waals surface area contributed by atoms with Crippen LogP contribution < -0.4 is 10.6 Å². The predicted molar refractivity (Wildman–Crippen MR) is 77.3 cm³/mol. The molecule has 1 amide bonds. The van der Waals surface area contributed by atoms with Gasteiger partial charge in [0.15, 0.2) is 0 Å². The number of hydrogen-bond acceptors (Lipinski definition) is 6. The quantitative estimate of drug-likeness (QED) is 0.669. The maximum atomic E-state index is 11.7. The van der Waals surface area contributed by atoms with Crippen LogP contribution in [-0.4, -0.2) is 21.4 Å². The van der Waals surface area contributed by atoms with E-state index < -0.39 is 11.4 Å². The van der Waals surface area contributed by atoms with Crippen molar-refractivity contribution in [2.24, 2.45) is 0 Å². The third-order valence-electron chi connectivity index (χ3n) is 2.75. The summed E-state index contributed by atoms with van der Waals surface area (Å²) in [5, 5.41) is 14.5. The van der Waals surface area contributed by atoms with Gasteiger partial charge in [-0.1, -0.05) is 20.8 Å². The van der Waals surface area contributed by atoms with Crippen LogP contribution in [0.5, 0.6) is 0 Å². The monoisotopic (exact) mass is 289 g/mol. The second kappa shape index (κ2) is 5.13. The summed E-state index contributed by atoms with van der Waals surface area (Å²) in [7, 11) is 0. The fourth-order valence-electron chi connectivity index (χ4n) is 1.73. The number of nitrogens with one attached hydrogen (secondary N) is 2. The Kier molecular flexibility index (Phi) is 3.68. The van der Waals surface area contributed by atoms with Gasteiger partial charge in [0.1, 0.15) is 23.0 Å². The van der Waals surface area contributed by atoms with Crippen LogP contribution in [0.15, 0.2) is 18.0 Å². The number of amides is 1. The van der Waals surface area contributed by atoms with Crippen molar-refractivity contribution >= 4 is 24.2 Å². The standard InChI is InChI=1S/C13H15N5OS/c1-13(2,3)11-15-5-7(6-16-11)9-8(4-14)10(19)18-12(20)17-9/h5-6,12,17,20H,1-3H3,(H,18,19). The normalized spacial score (nSPS) is 19.1. The molecule has 1 aromatic rings. The molecule has 2 heterocycles. The summed E-state index contributed by atoms with van der Waals surface area (Å²) >= 11 is 4.15. The third kappa shape index (κ3) is 2.75. The molecule has 104 valence electrons. The lowest BCUT2D eigenvalue weighted by atomic mass is 9.95. The minimum Gasteiger partial charge on any atom is -0.355 e. The zero-order valence-electron chi connectivity index (χ0n) is 11.4. The van der Waals surface area contributed by atoms with Crippen LogP contribution in [0.3, 0.4) is 0 Å². The lowest BCUT2D eigenvalue weighted by Gasteiger charge is -2.24. The number of carbonyl (C=O) groups is 1. The number of thiol groups is 1. The fourth-order valence-corrected chi connectivity index (χ4v) is 1.98. The maximum absolute atomic E-state index is 11.7. The summed E-state index contributed by atoms with van der Waals surface area (Å²) in [6.07, 6.45) is 3.21. The van der Waals surface area contributed by atoms with Crippen LogP contribution in [-0.2, 0) is 10.2 Å². The minimum atomic E-state index is -0.545. The number of carbonyl (C=O) groups excluding carboxylic acids is 1. The van der Waals surface area contributed by atoms with Crippen molar-refractivity contribution in [3.8, 4) is 6.07 Å². The highest BCUT2D eigenvalue weighted by Gasteiger charge is 2.26. The highest BCUT2D eigenvalue weighted by molar-refractivity contribution is 7.80. The highest BCUT2D eigenvalue weighted by atomic mass is 32.1. The molecule has 20 heavy (non-hydrogen) atoms. The summed E-state index contributed by atoms with van der Waals surface area (Å²) in [5.41, 5.74) is 0.286. The number of rotatable bonds is 1. The van der Waals surface area contributed by atoms with Crippen LogP contribution in [0.25, 0.3) is 5.70 Å². The summed E-state index contributed by atoms with van der Waals surface area (Å²) in [6, 6.07) is 1.88. The SMILES string of the molecule is CC(C)(C)c1ncc(C2=C(C#N)C(=O)NC(S)N2)cn1. The molecule has 1 aromatic heterocycles. The molecule has 0 saturated heterocycles. The number of nitriles is 1. The predicted octanol–water partition coefficient (Wildman–Crippen LogP) is 0.942. The van der Waals surface area contributed by atoms with Gasteiger partial charge in [-0.25, -0.2) is 9.97 Å². The lowest BCUT2D eigenvalue weighted by Crippen LogP contribution is -2.46. The van der Waals surface area contributed by atoms with E-state index in [9.17, 15) is 4.79 Å². The first-order valence-electron chi connectivity index (χ1n) is 6.05. The van der Waals surface area contributed by atoms with Gasteiger partial charge in [0.25, 0.3) is 5.91 Å². The highest BCUT2D eigenvalue weighted by Crippen LogP contribution is 2.22. The molecular formula is C13H15N5OS. The van der Waals surface area contributed by atoms with Crippen molar-refractivity contribution in [1.29, 1.82) is 5.26 Å². The van der Waals surface area contributed by atoms with E-state index in [1.54, 1.807) is 12.4 Å². The zero-order valence-corrected chi connectivity index (χ0v) is 12.3. The van der Waals surface area contributed by atoms with Crippen molar-refractivity contribution in [2.75, 3.05) is 0 Å². The van der Waals surface area contributed by atoms with Crippen LogP contribution >= 0.6 is 12.6 Å². The maximum Gasteiger partial charge on any atom is 0.266 e. The van der Waals surface area contributed by atoms with Gasteiger partial charge >= 0.3 is 0 Å². The number of hydrogen-bond donors (Lipinski definition) is 3. The second-order valence-corrected chi connectivity index (χ2v) is 5.94. The molecule has 0 aliphatic carbocycles. The largest absolute Gasteiger partial charge is 0.355 e. The van der Waals surface area contributed by atoms with E-state index in [4.69, 9.17) is 5.26 Å². The van der Waals surface area contributed by atoms with E-state index in [-0.39, 0.29) is 11.0 Å². The molecule has 1 unspecified atom stereocenters. The molecular weight excluding hydrogens is 274 g/mol. The molecule has 6 nitrogen and oxygen atoms in total. The first-order chi connectivity index (χ1) is 9.32. The van der Waals surface area contributed by atoms with Crippen molar-refractivity contribution in [2.45, 2.75) is 31.7 Å². The van der Waals surface area contributed by atoms with Gasteiger partial charge in [-0.3, -0.25) is 4.79 Å². The average molecular weight is 289 g/mol. The van der Waals surface area contributed by atoms with Gasteiger partial charge in [0.2, 0.25) is 0 Å². The molecule has 1 aliphatic heterocycles. The minimum absolute atomic E-state index is 0.00223. The molecule has 0 aromatic carbocycles. The van der Waals surface area contributed by atoms with Crippen molar-refractivity contribution in [1.82, 2.24) is 20.6 Å². The van der Waals surface area contributed by atoms with Gasteiger partial charge in [-0.05, 0) is 0 Å². The Hall–Kier alpha value is -2.07.